The summed E-state index contributed by atoms with van der Waals surface area (Å²) in [6.45, 7) is 5.30. The van der Waals surface area contributed by atoms with Crippen molar-refractivity contribution in [2.24, 2.45) is 5.41 Å². The number of benzene rings is 1. The topological polar surface area (TPSA) is 40.6 Å². The zero-order valence-electron chi connectivity index (χ0n) is 15.9. The first-order valence-corrected chi connectivity index (χ1v) is 11.0. The Kier molecular flexibility index (Phi) is 6.28. The summed E-state index contributed by atoms with van der Waals surface area (Å²) >= 11 is 1.60. The number of amides is 2. The van der Waals surface area contributed by atoms with Crippen LogP contribution in [0, 0.1) is 5.41 Å². The molecule has 0 radical (unpaired) electrons. The molecule has 0 N–H and O–H groups in total. The lowest BCUT2D eigenvalue weighted by atomic mass is 9.77. The number of hydrogen-bond donors (Lipinski definition) is 0. The van der Waals surface area contributed by atoms with Crippen molar-refractivity contribution in [1.29, 1.82) is 0 Å². The van der Waals surface area contributed by atoms with Gasteiger partial charge in [0.2, 0.25) is 11.8 Å². The van der Waals surface area contributed by atoms with E-state index in [0.717, 1.165) is 51.9 Å². The van der Waals surface area contributed by atoms with Crippen LogP contribution in [-0.4, -0.2) is 59.3 Å². The molecule has 2 amide bonds. The second-order valence-electron chi connectivity index (χ2n) is 7.78. The van der Waals surface area contributed by atoms with Gasteiger partial charge in [-0.25, -0.2) is 0 Å². The molecule has 1 aromatic rings. The maximum atomic E-state index is 12.5. The van der Waals surface area contributed by atoms with Gasteiger partial charge in [-0.15, -0.1) is 0 Å². The number of nitrogens with zero attached hydrogens (tertiary/aromatic N) is 2. The molecule has 0 aliphatic carbocycles. The van der Waals surface area contributed by atoms with Crippen LogP contribution in [0.3, 0.4) is 0 Å². The van der Waals surface area contributed by atoms with Crippen LogP contribution in [-0.2, 0) is 16.0 Å². The Bertz CT molecular complexity index is 626. The van der Waals surface area contributed by atoms with Gasteiger partial charge in [-0.3, -0.25) is 9.59 Å². The number of aryl methyl sites for hydroxylation is 1. The van der Waals surface area contributed by atoms with Crippen LogP contribution < -0.4 is 0 Å². The first-order valence-electron chi connectivity index (χ1n) is 9.66. The Morgan fingerprint density at radius 1 is 1.23 bits per heavy atom. The van der Waals surface area contributed by atoms with E-state index in [9.17, 15) is 9.59 Å². The molecule has 1 atom stereocenters. The summed E-state index contributed by atoms with van der Waals surface area (Å²) in [6.07, 6.45) is 6.60. The number of carbonyl (C=O) groups is 2. The van der Waals surface area contributed by atoms with Gasteiger partial charge in [0.05, 0.1) is 5.25 Å². The summed E-state index contributed by atoms with van der Waals surface area (Å²) in [5.74, 6) is 0.548. The fourth-order valence-corrected chi connectivity index (χ4v) is 4.55. The molecule has 5 heteroatoms. The Balaban J connectivity index is 1.48. The minimum atomic E-state index is 0.0312. The highest BCUT2D eigenvalue weighted by Gasteiger charge is 2.45. The van der Waals surface area contributed by atoms with Gasteiger partial charge in [0.15, 0.2) is 0 Å². The maximum absolute atomic E-state index is 12.5. The lowest BCUT2D eigenvalue weighted by Gasteiger charge is -2.39. The van der Waals surface area contributed by atoms with E-state index in [-0.39, 0.29) is 16.6 Å². The molecular weight excluding hydrogens is 344 g/mol. The third-order valence-corrected chi connectivity index (χ3v) is 6.89. The highest BCUT2D eigenvalue weighted by molar-refractivity contribution is 7.99. The highest BCUT2D eigenvalue weighted by atomic mass is 32.2. The van der Waals surface area contributed by atoms with Crippen LogP contribution in [0.1, 0.15) is 38.2 Å². The van der Waals surface area contributed by atoms with Crippen molar-refractivity contribution in [3.05, 3.63) is 35.9 Å². The summed E-state index contributed by atoms with van der Waals surface area (Å²) in [4.78, 5) is 28.9. The van der Waals surface area contributed by atoms with E-state index in [1.165, 1.54) is 5.56 Å². The van der Waals surface area contributed by atoms with Gasteiger partial charge < -0.3 is 9.80 Å². The molecule has 3 rings (SSSR count). The zero-order valence-corrected chi connectivity index (χ0v) is 16.8. The van der Waals surface area contributed by atoms with Crippen LogP contribution in [0.2, 0.25) is 0 Å². The van der Waals surface area contributed by atoms with Crippen molar-refractivity contribution in [3.63, 3.8) is 0 Å². The van der Waals surface area contributed by atoms with Crippen molar-refractivity contribution in [2.45, 2.75) is 44.3 Å². The van der Waals surface area contributed by atoms with Crippen molar-refractivity contribution in [3.8, 4) is 0 Å². The molecule has 142 valence electrons. The Hall–Kier alpha value is -1.49. The van der Waals surface area contributed by atoms with Gasteiger partial charge >= 0.3 is 0 Å². The summed E-state index contributed by atoms with van der Waals surface area (Å²) in [7, 11) is 0. The monoisotopic (exact) mass is 374 g/mol. The van der Waals surface area contributed by atoms with Crippen molar-refractivity contribution in [1.82, 2.24) is 9.80 Å². The molecular formula is C21H30N2O2S. The molecule has 1 spiro atoms. The maximum Gasteiger partial charge on any atom is 0.235 e. The fourth-order valence-electron chi connectivity index (χ4n) is 4.20. The molecule has 2 aliphatic rings. The molecule has 2 fully saturated rings. The normalized spacial score (nSPS) is 20.6. The van der Waals surface area contributed by atoms with E-state index in [1.807, 2.05) is 24.1 Å². The lowest BCUT2D eigenvalue weighted by molar-refractivity contribution is -0.132. The summed E-state index contributed by atoms with van der Waals surface area (Å²) in [5.41, 5.74) is 1.44. The van der Waals surface area contributed by atoms with Crippen LogP contribution in [0.15, 0.2) is 30.3 Å². The first-order chi connectivity index (χ1) is 12.5. The van der Waals surface area contributed by atoms with Gasteiger partial charge in [0.25, 0.3) is 0 Å². The van der Waals surface area contributed by atoms with E-state index in [2.05, 4.69) is 29.2 Å². The molecule has 4 nitrogen and oxygen atoms in total. The molecule has 0 bridgehead atoms. The Morgan fingerprint density at radius 2 is 1.92 bits per heavy atom. The smallest absolute Gasteiger partial charge is 0.235 e. The van der Waals surface area contributed by atoms with E-state index < -0.39 is 0 Å². The summed E-state index contributed by atoms with van der Waals surface area (Å²) in [5, 5.41) is 0.0312. The molecule has 1 aromatic carbocycles. The predicted octanol–water partition coefficient (Wildman–Crippen LogP) is 3.21. The highest BCUT2D eigenvalue weighted by Crippen LogP contribution is 2.41. The molecule has 2 saturated heterocycles. The van der Waals surface area contributed by atoms with Gasteiger partial charge in [-0.05, 0) is 44.4 Å². The Labute approximate surface area is 161 Å². The SMILES string of the molecule is CS[C@@H](C)C(=O)N1CCC2(CC1)CC(=O)N(CCCc1ccccc1)C2. The number of rotatable bonds is 6. The van der Waals surface area contributed by atoms with Gasteiger partial charge in [-0.1, -0.05) is 30.3 Å². The number of thioether (sulfide) groups is 1. The van der Waals surface area contributed by atoms with Crippen LogP contribution in [0.25, 0.3) is 0 Å². The van der Waals surface area contributed by atoms with Crippen molar-refractivity contribution in [2.75, 3.05) is 32.4 Å². The number of likely N-dealkylation sites (tertiary alicyclic amines) is 2. The van der Waals surface area contributed by atoms with E-state index >= 15 is 0 Å². The molecule has 2 aliphatic heterocycles. The van der Waals surface area contributed by atoms with E-state index in [1.54, 1.807) is 11.8 Å². The largest absolute Gasteiger partial charge is 0.342 e. The number of hydrogen-bond acceptors (Lipinski definition) is 3. The number of piperidine rings is 1. The molecule has 2 heterocycles. The number of carbonyl (C=O) groups excluding carboxylic acids is 2. The average molecular weight is 375 g/mol. The molecule has 0 aromatic heterocycles. The van der Waals surface area contributed by atoms with Crippen LogP contribution >= 0.6 is 11.8 Å². The summed E-state index contributed by atoms with van der Waals surface area (Å²) in [6, 6.07) is 10.5. The van der Waals surface area contributed by atoms with E-state index in [0.29, 0.717) is 12.3 Å². The minimum Gasteiger partial charge on any atom is -0.342 e. The fraction of sp³-hybridized carbons (Fsp3) is 0.619. The third kappa shape index (κ3) is 4.43. The van der Waals surface area contributed by atoms with Crippen molar-refractivity contribution < 1.29 is 9.59 Å². The van der Waals surface area contributed by atoms with Gasteiger partial charge in [0.1, 0.15) is 0 Å². The standard InChI is InChI=1S/C21H30N2O2S/c1-17(26-2)20(25)22-13-10-21(11-14-22)15-19(24)23(16-21)12-6-9-18-7-4-3-5-8-18/h3-5,7-8,17H,6,9-16H2,1-2H3/t17-/m0/s1. The average Bonchev–Trinajstić information content (AvgIpc) is 2.97. The van der Waals surface area contributed by atoms with Crippen molar-refractivity contribution >= 4 is 23.6 Å². The lowest BCUT2D eigenvalue weighted by Crippen LogP contribution is -2.46. The second kappa shape index (κ2) is 8.47. The second-order valence-corrected chi connectivity index (χ2v) is 8.96. The Morgan fingerprint density at radius 3 is 2.58 bits per heavy atom. The first kappa shape index (κ1) is 19.3. The predicted molar refractivity (Wildman–Crippen MR) is 107 cm³/mol. The van der Waals surface area contributed by atoms with Crippen LogP contribution in [0.5, 0.6) is 0 Å². The van der Waals surface area contributed by atoms with Gasteiger partial charge in [-0.2, -0.15) is 11.8 Å². The summed E-state index contributed by atoms with van der Waals surface area (Å²) < 4.78 is 0. The van der Waals surface area contributed by atoms with E-state index in [4.69, 9.17) is 0 Å². The van der Waals surface area contributed by atoms with Crippen LogP contribution in [0.4, 0.5) is 0 Å². The van der Waals surface area contributed by atoms with Gasteiger partial charge in [0, 0.05) is 38.0 Å². The third-order valence-electron chi connectivity index (χ3n) is 5.98. The quantitative estimate of drug-likeness (QED) is 0.768. The molecule has 26 heavy (non-hydrogen) atoms. The molecule has 0 saturated carbocycles. The minimum absolute atomic E-state index is 0.0312. The molecule has 0 unspecified atom stereocenters. The zero-order chi connectivity index (χ0) is 18.6.